The van der Waals surface area contributed by atoms with Crippen LogP contribution in [-0.4, -0.2) is 18.6 Å². The number of rotatable bonds is 5. The Labute approximate surface area is 111 Å². The molecule has 18 heavy (non-hydrogen) atoms. The Morgan fingerprint density at radius 1 is 1.33 bits per heavy atom. The van der Waals surface area contributed by atoms with Gasteiger partial charge in [-0.2, -0.15) is 0 Å². The molecule has 1 heterocycles. The summed E-state index contributed by atoms with van der Waals surface area (Å²) in [7, 11) is 1.66. The predicted octanol–water partition coefficient (Wildman–Crippen LogP) is 2.70. The SMILES string of the molecule is COc1ccc(Nc2nc(C)c(CCN)s2)cc1. The average molecular weight is 263 g/mol. The third-order valence-electron chi connectivity index (χ3n) is 2.61. The van der Waals surface area contributed by atoms with E-state index in [0.717, 1.165) is 28.7 Å². The number of nitrogens with two attached hydrogens (primary N) is 1. The number of ether oxygens (including phenoxy) is 1. The highest BCUT2D eigenvalue weighted by Gasteiger charge is 2.06. The lowest BCUT2D eigenvalue weighted by atomic mass is 10.3. The lowest BCUT2D eigenvalue weighted by Crippen LogP contribution is -2.01. The van der Waals surface area contributed by atoms with Crippen LogP contribution in [0.2, 0.25) is 0 Å². The maximum absolute atomic E-state index is 5.57. The Hall–Kier alpha value is -1.59. The molecule has 0 amide bonds. The first-order valence-electron chi connectivity index (χ1n) is 5.80. The van der Waals surface area contributed by atoms with Crippen molar-refractivity contribution in [3.8, 4) is 5.75 Å². The van der Waals surface area contributed by atoms with Crippen molar-refractivity contribution >= 4 is 22.2 Å². The number of nitrogens with zero attached hydrogens (tertiary/aromatic N) is 1. The molecule has 0 aliphatic rings. The zero-order valence-electron chi connectivity index (χ0n) is 10.6. The molecule has 96 valence electrons. The summed E-state index contributed by atoms with van der Waals surface area (Å²) in [5.74, 6) is 0.847. The van der Waals surface area contributed by atoms with Gasteiger partial charge in [0.05, 0.1) is 12.8 Å². The number of hydrogen-bond acceptors (Lipinski definition) is 5. The molecule has 1 aromatic heterocycles. The smallest absolute Gasteiger partial charge is 0.187 e. The lowest BCUT2D eigenvalue weighted by molar-refractivity contribution is 0.415. The number of benzene rings is 1. The van der Waals surface area contributed by atoms with Gasteiger partial charge in [0.25, 0.3) is 0 Å². The summed E-state index contributed by atoms with van der Waals surface area (Å²) in [5, 5.41) is 4.19. The Morgan fingerprint density at radius 3 is 2.67 bits per heavy atom. The topological polar surface area (TPSA) is 60.2 Å². The van der Waals surface area contributed by atoms with Gasteiger partial charge in [-0.3, -0.25) is 0 Å². The van der Waals surface area contributed by atoms with Crippen molar-refractivity contribution in [2.75, 3.05) is 19.0 Å². The van der Waals surface area contributed by atoms with E-state index in [-0.39, 0.29) is 0 Å². The molecule has 0 spiro atoms. The van der Waals surface area contributed by atoms with Crippen LogP contribution < -0.4 is 15.8 Å². The molecule has 0 aliphatic heterocycles. The van der Waals surface area contributed by atoms with Gasteiger partial charge in [-0.25, -0.2) is 4.98 Å². The van der Waals surface area contributed by atoms with Crippen molar-refractivity contribution in [3.63, 3.8) is 0 Å². The Kier molecular flexibility index (Phi) is 4.17. The molecule has 3 N–H and O–H groups in total. The Balaban J connectivity index is 2.10. The van der Waals surface area contributed by atoms with E-state index in [4.69, 9.17) is 10.5 Å². The normalized spacial score (nSPS) is 10.4. The van der Waals surface area contributed by atoms with Gasteiger partial charge in [0.15, 0.2) is 5.13 Å². The van der Waals surface area contributed by atoms with Crippen molar-refractivity contribution in [1.82, 2.24) is 4.98 Å². The number of thiazole rings is 1. The first-order chi connectivity index (χ1) is 8.72. The molecule has 2 aromatic rings. The van der Waals surface area contributed by atoms with Crippen molar-refractivity contribution < 1.29 is 4.74 Å². The van der Waals surface area contributed by atoms with E-state index < -0.39 is 0 Å². The van der Waals surface area contributed by atoms with Crippen LogP contribution in [-0.2, 0) is 6.42 Å². The molecule has 1 aromatic carbocycles. The van der Waals surface area contributed by atoms with E-state index in [1.807, 2.05) is 31.2 Å². The monoisotopic (exact) mass is 263 g/mol. The summed E-state index contributed by atoms with van der Waals surface area (Å²) in [4.78, 5) is 5.73. The van der Waals surface area contributed by atoms with E-state index in [9.17, 15) is 0 Å². The molecule has 0 bridgehead atoms. The molecule has 0 fully saturated rings. The van der Waals surface area contributed by atoms with Crippen LogP contribution in [0.5, 0.6) is 5.75 Å². The molecule has 0 radical (unpaired) electrons. The van der Waals surface area contributed by atoms with Crippen LogP contribution in [0.1, 0.15) is 10.6 Å². The number of hydrogen-bond donors (Lipinski definition) is 2. The first-order valence-corrected chi connectivity index (χ1v) is 6.62. The molecule has 0 aliphatic carbocycles. The summed E-state index contributed by atoms with van der Waals surface area (Å²) in [6.07, 6.45) is 0.883. The van der Waals surface area contributed by atoms with Gasteiger partial charge in [0, 0.05) is 10.6 Å². The Bertz CT molecular complexity index is 507. The third-order valence-corrected chi connectivity index (χ3v) is 3.74. The number of methoxy groups -OCH3 is 1. The molecule has 0 atom stereocenters. The fourth-order valence-electron chi connectivity index (χ4n) is 1.64. The molecule has 4 nitrogen and oxygen atoms in total. The van der Waals surface area contributed by atoms with Crippen molar-refractivity contribution in [1.29, 1.82) is 0 Å². The van der Waals surface area contributed by atoms with Gasteiger partial charge in [-0.05, 0) is 44.2 Å². The quantitative estimate of drug-likeness (QED) is 0.870. The summed E-state index contributed by atoms with van der Waals surface area (Å²) < 4.78 is 5.12. The van der Waals surface area contributed by atoms with Crippen LogP contribution in [0, 0.1) is 6.92 Å². The third kappa shape index (κ3) is 3.00. The second-order valence-corrected chi connectivity index (χ2v) is 5.00. The van der Waals surface area contributed by atoms with Gasteiger partial charge in [0.1, 0.15) is 5.75 Å². The van der Waals surface area contributed by atoms with E-state index in [0.29, 0.717) is 6.54 Å². The van der Waals surface area contributed by atoms with E-state index >= 15 is 0 Å². The van der Waals surface area contributed by atoms with Gasteiger partial charge in [-0.1, -0.05) is 0 Å². The average Bonchev–Trinajstić information content (AvgIpc) is 2.71. The van der Waals surface area contributed by atoms with Crippen LogP contribution in [0.15, 0.2) is 24.3 Å². The van der Waals surface area contributed by atoms with E-state index in [1.165, 1.54) is 4.88 Å². The standard InChI is InChI=1S/C13H17N3OS/c1-9-12(7-8-14)18-13(15-9)16-10-3-5-11(17-2)6-4-10/h3-6H,7-8,14H2,1-2H3,(H,15,16). The summed E-state index contributed by atoms with van der Waals surface area (Å²) in [6, 6.07) is 7.78. The largest absolute Gasteiger partial charge is 0.497 e. The molecule has 0 saturated carbocycles. The zero-order valence-corrected chi connectivity index (χ0v) is 11.4. The number of aromatic nitrogens is 1. The van der Waals surface area contributed by atoms with Crippen molar-refractivity contribution in [3.05, 3.63) is 34.8 Å². The molecular weight excluding hydrogens is 246 g/mol. The molecule has 0 saturated heterocycles. The number of aryl methyl sites for hydroxylation is 1. The van der Waals surface area contributed by atoms with Gasteiger partial charge < -0.3 is 15.8 Å². The lowest BCUT2D eigenvalue weighted by Gasteiger charge is -2.03. The van der Waals surface area contributed by atoms with Gasteiger partial charge in [-0.15, -0.1) is 11.3 Å². The second-order valence-electron chi connectivity index (χ2n) is 3.92. The molecular formula is C13H17N3OS. The van der Waals surface area contributed by atoms with Crippen molar-refractivity contribution in [2.45, 2.75) is 13.3 Å². The Morgan fingerprint density at radius 2 is 2.06 bits per heavy atom. The fourth-order valence-corrected chi connectivity index (χ4v) is 2.64. The fraction of sp³-hybridized carbons (Fsp3) is 0.308. The van der Waals surface area contributed by atoms with Crippen LogP contribution in [0.25, 0.3) is 0 Å². The highest BCUT2D eigenvalue weighted by Crippen LogP contribution is 2.26. The van der Waals surface area contributed by atoms with Gasteiger partial charge >= 0.3 is 0 Å². The molecule has 5 heteroatoms. The van der Waals surface area contributed by atoms with Crippen LogP contribution in [0.3, 0.4) is 0 Å². The van der Waals surface area contributed by atoms with Crippen LogP contribution in [0.4, 0.5) is 10.8 Å². The summed E-state index contributed by atoms with van der Waals surface area (Å²) in [5.41, 5.74) is 7.63. The number of nitrogens with one attached hydrogen (secondary N) is 1. The minimum atomic E-state index is 0.658. The van der Waals surface area contributed by atoms with Crippen molar-refractivity contribution in [2.24, 2.45) is 5.73 Å². The minimum absolute atomic E-state index is 0.658. The van der Waals surface area contributed by atoms with E-state index in [1.54, 1.807) is 18.4 Å². The maximum atomic E-state index is 5.57. The first kappa shape index (κ1) is 12.9. The second kappa shape index (κ2) is 5.84. The van der Waals surface area contributed by atoms with E-state index in [2.05, 4.69) is 10.3 Å². The zero-order chi connectivity index (χ0) is 13.0. The highest BCUT2D eigenvalue weighted by atomic mass is 32.1. The predicted molar refractivity (Wildman–Crippen MR) is 75.9 cm³/mol. The molecule has 0 unspecified atom stereocenters. The molecule has 2 rings (SSSR count). The minimum Gasteiger partial charge on any atom is -0.497 e. The number of anilines is 2. The summed E-state index contributed by atoms with van der Waals surface area (Å²) >= 11 is 1.66. The summed E-state index contributed by atoms with van der Waals surface area (Å²) in [6.45, 7) is 2.67. The van der Waals surface area contributed by atoms with Gasteiger partial charge in [0.2, 0.25) is 0 Å². The highest BCUT2D eigenvalue weighted by molar-refractivity contribution is 7.15. The van der Waals surface area contributed by atoms with Crippen LogP contribution >= 0.6 is 11.3 Å². The maximum Gasteiger partial charge on any atom is 0.187 e.